The normalized spacial score (nSPS) is 10.5. The molecule has 0 heterocycles. The number of anilines is 1. The second-order valence-corrected chi connectivity index (χ2v) is 2.14. The zero-order valence-corrected chi connectivity index (χ0v) is 7.01. The summed E-state index contributed by atoms with van der Waals surface area (Å²) in [5.74, 6) is 0. The van der Waals surface area contributed by atoms with E-state index in [2.05, 4.69) is 10.4 Å². The van der Waals surface area contributed by atoms with Gasteiger partial charge in [-0.2, -0.15) is 10.8 Å². The van der Waals surface area contributed by atoms with Gasteiger partial charge in [0, 0.05) is 12.7 Å². The van der Waals surface area contributed by atoms with Crippen molar-refractivity contribution in [2.75, 3.05) is 12.2 Å². The second-order valence-electron chi connectivity index (χ2n) is 2.14. The highest BCUT2D eigenvalue weighted by molar-refractivity contribution is 5.45. The summed E-state index contributed by atoms with van der Waals surface area (Å²) < 4.78 is 0. The van der Waals surface area contributed by atoms with Gasteiger partial charge in [-0.05, 0) is 12.1 Å². The molecule has 0 amide bonds. The number of hydroxylamine groups is 1. The molecule has 1 rings (SSSR count). The number of nitrogens with one attached hydrogen (secondary N) is 1. The van der Waals surface area contributed by atoms with Crippen molar-refractivity contribution in [3.8, 4) is 0 Å². The van der Waals surface area contributed by atoms with Crippen LogP contribution in [0.1, 0.15) is 0 Å². The van der Waals surface area contributed by atoms with Gasteiger partial charge in [0.05, 0.1) is 0 Å². The van der Waals surface area contributed by atoms with Crippen LogP contribution in [-0.4, -0.2) is 12.4 Å². The van der Waals surface area contributed by atoms with Crippen LogP contribution in [-0.2, 0) is 4.94 Å². The molecule has 1 aromatic carbocycles. The monoisotopic (exact) mass is 183 g/mol. The minimum atomic E-state index is -0.199. The molecule has 0 radical (unpaired) electrons. The predicted molar refractivity (Wildman–Crippen MR) is 47.6 cm³/mol. The fourth-order valence-electron chi connectivity index (χ4n) is 0.765. The summed E-state index contributed by atoms with van der Waals surface area (Å²) in [6.45, 7) is 0. The van der Waals surface area contributed by atoms with E-state index in [1.807, 2.05) is 0 Å². The van der Waals surface area contributed by atoms with E-state index in [1.165, 1.54) is 19.2 Å². The van der Waals surface area contributed by atoms with E-state index < -0.39 is 0 Å². The number of rotatable bonds is 4. The summed E-state index contributed by atoms with van der Waals surface area (Å²) in [4.78, 5) is 4.20. The van der Waals surface area contributed by atoms with Crippen molar-refractivity contribution in [3.63, 3.8) is 0 Å². The van der Waals surface area contributed by atoms with E-state index in [-0.39, 0.29) is 16.2 Å². The molecule has 0 atom stereocenters. The Morgan fingerprint density at radius 3 is 2.38 bits per heavy atom. The zero-order valence-electron chi connectivity index (χ0n) is 7.01. The third kappa shape index (κ3) is 2.65. The molecule has 1 aromatic rings. The lowest BCUT2D eigenvalue weighted by molar-refractivity contribution is -0.171. The third-order valence-electron chi connectivity index (χ3n) is 1.29. The van der Waals surface area contributed by atoms with Crippen LogP contribution >= 0.6 is 0 Å². The highest BCUT2D eigenvalue weighted by Gasteiger charge is 1.95. The quantitative estimate of drug-likeness (QED) is 0.695. The molecule has 1 N–H and O–H groups in total. The van der Waals surface area contributed by atoms with Gasteiger partial charge in [0.25, 0.3) is 0 Å². The summed E-state index contributed by atoms with van der Waals surface area (Å²) in [6.07, 6.45) is 0. The SMILES string of the molecule is CNON([O-])N([O-])c1ccccc1. The number of benzene rings is 1. The van der Waals surface area contributed by atoms with Crippen molar-refractivity contribution < 1.29 is 4.94 Å². The van der Waals surface area contributed by atoms with Crippen LogP contribution in [0.4, 0.5) is 5.69 Å². The van der Waals surface area contributed by atoms with Crippen molar-refractivity contribution in [2.45, 2.75) is 0 Å². The number of hydrogen-bond donors (Lipinski definition) is 1. The van der Waals surface area contributed by atoms with Crippen LogP contribution in [0, 0.1) is 10.4 Å². The fourth-order valence-corrected chi connectivity index (χ4v) is 0.765. The van der Waals surface area contributed by atoms with Gasteiger partial charge >= 0.3 is 0 Å². The number of hydrogen-bond acceptors (Lipinski definition) is 6. The molecule has 0 aliphatic heterocycles. The number of hydrazine groups is 1. The lowest BCUT2D eigenvalue weighted by atomic mass is 10.3. The summed E-state index contributed by atoms with van der Waals surface area (Å²) >= 11 is 0. The Morgan fingerprint density at radius 1 is 1.23 bits per heavy atom. The Hall–Kier alpha value is -1.18. The highest BCUT2D eigenvalue weighted by Crippen LogP contribution is 2.13. The van der Waals surface area contributed by atoms with E-state index in [0.717, 1.165) is 0 Å². The molecule has 13 heavy (non-hydrogen) atoms. The molecule has 0 spiro atoms. The Kier molecular flexibility index (Phi) is 3.62. The fraction of sp³-hybridized carbons (Fsp3) is 0.143. The van der Waals surface area contributed by atoms with Gasteiger partial charge < -0.3 is 15.6 Å². The Morgan fingerprint density at radius 2 is 1.85 bits per heavy atom. The van der Waals surface area contributed by atoms with Crippen molar-refractivity contribution in [1.82, 2.24) is 10.8 Å². The largest absolute Gasteiger partial charge is 0.742 e. The van der Waals surface area contributed by atoms with Crippen LogP contribution in [0.25, 0.3) is 0 Å². The van der Waals surface area contributed by atoms with Crippen molar-refractivity contribution in [1.29, 1.82) is 0 Å². The minimum Gasteiger partial charge on any atom is -0.742 e. The van der Waals surface area contributed by atoms with Crippen LogP contribution in [0.3, 0.4) is 0 Å². The van der Waals surface area contributed by atoms with Gasteiger partial charge in [-0.3, -0.25) is 0 Å². The third-order valence-corrected chi connectivity index (χ3v) is 1.29. The molecule has 6 nitrogen and oxygen atoms in total. The molecule has 0 aliphatic rings. The summed E-state index contributed by atoms with van der Waals surface area (Å²) in [5.41, 5.74) is 2.29. The van der Waals surface area contributed by atoms with Gasteiger partial charge in [-0.15, -0.1) is 0 Å². The van der Waals surface area contributed by atoms with Gasteiger partial charge in [-0.1, -0.05) is 18.2 Å². The summed E-state index contributed by atoms with van der Waals surface area (Å²) in [5, 5.41) is 21.8. The first kappa shape index (κ1) is 9.90. The molecule has 0 bridgehead atoms. The Labute approximate surface area is 75.4 Å². The maximum absolute atomic E-state index is 11.1. The van der Waals surface area contributed by atoms with E-state index >= 15 is 0 Å². The number of nitrogens with zero attached hydrogens (tertiary/aromatic N) is 2. The summed E-state index contributed by atoms with van der Waals surface area (Å²) in [7, 11) is 1.38. The zero-order chi connectivity index (χ0) is 9.68. The van der Waals surface area contributed by atoms with Gasteiger partial charge in [0.1, 0.15) is 0 Å². The van der Waals surface area contributed by atoms with Gasteiger partial charge in [-0.25, -0.2) is 4.94 Å². The van der Waals surface area contributed by atoms with Gasteiger partial charge in [0.2, 0.25) is 0 Å². The van der Waals surface area contributed by atoms with E-state index in [9.17, 15) is 10.4 Å². The van der Waals surface area contributed by atoms with Crippen molar-refractivity contribution >= 4 is 5.69 Å². The average Bonchev–Trinajstić information content (AvgIpc) is 2.18. The lowest BCUT2D eigenvalue weighted by Crippen LogP contribution is -2.37. The molecule has 0 unspecified atom stereocenters. The first-order valence-electron chi connectivity index (χ1n) is 3.59. The molecule has 0 fully saturated rings. The molecule has 0 aliphatic carbocycles. The lowest BCUT2D eigenvalue weighted by Gasteiger charge is -2.43. The van der Waals surface area contributed by atoms with Crippen molar-refractivity contribution in [3.05, 3.63) is 40.7 Å². The van der Waals surface area contributed by atoms with Crippen LogP contribution in [0.2, 0.25) is 0 Å². The van der Waals surface area contributed by atoms with Crippen LogP contribution in [0.5, 0.6) is 0 Å². The second kappa shape index (κ2) is 4.75. The highest BCUT2D eigenvalue weighted by atomic mass is 17.0. The Balaban J connectivity index is 2.62. The first-order chi connectivity index (χ1) is 6.25. The van der Waals surface area contributed by atoms with E-state index in [0.29, 0.717) is 0 Å². The topological polar surface area (TPSA) is 73.9 Å². The molecule has 6 heteroatoms. The molecule has 0 aromatic heterocycles. The predicted octanol–water partition coefficient (Wildman–Crippen LogP) is 0.772. The van der Waals surface area contributed by atoms with Crippen LogP contribution in [0.15, 0.2) is 30.3 Å². The van der Waals surface area contributed by atoms with Gasteiger partial charge in [0.15, 0.2) is 0 Å². The Bertz CT molecular complexity index is 244. The molecular formula is C7H9N3O3-2. The van der Waals surface area contributed by atoms with Crippen LogP contribution < -0.4 is 10.7 Å². The van der Waals surface area contributed by atoms with E-state index in [4.69, 9.17) is 0 Å². The molecular weight excluding hydrogens is 174 g/mol. The molecule has 0 saturated heterocycles. The number of para-hydroxylation sites is 1. The smallest absolute Gasteiger partial charge is 0.0417 e. The summed E-state index contributed by atoms with van der Waals surface area (Å²) in [6, 6.07) is 8.03. The van der Waals surface area contributed by atoms with Crippen molar-refractivity contribution in [2.24, 2.45) is 0 Å². The average molecular weight is 183 g/mol. The maximum Gasteiger partial charge on any atom is 0.0417 e. The first-order valence-corrected chi connectivity index (χ1v) is 3.59. The standard InChI is InChI=1S/C7H9N3O3/c1-8-13-10(12)9(11)7-5-3-2-4-6-7/h2-6,8H,1H3/q-2. The molecule has 72 valence electrons. The van der Waals surface area contributed by atoms with E-state index in [1.54, 1.807) is 18.2 Å². The maximum atomic E-state index is 11.1. The molecule has 0 saturated carbocycles. The minimum absolute atomic E-state index is 0.0799.